The zero-order chi connectivity index (χ0) is 25.5. The Morgan fingerprint density at radius 2 is 1.76 bits per heavy atom. The van der Waals surface area contributed by atoms with E-state index >= 15 is 0 Å². The summed E-state index contributed by atoms with van der Waals surface area (Å²) < 4.78 is 75.0. The van der Waals surface area contributed by atoms with Gasteiger partial charge in [0.15, 0.2) is 11.5 Å². The fourth-order valence-electron chi connectivity index (χ4n) is 2.75. The highest BCUT2D eigenvalue weighted by Crippen LogP contribution is 2.36. The number of alkyl halides is 3. The monoisotopic (exact) mass is 521 g/mol. The summed E-state index contributed by atoms with van der Waals surface area (Å²) >= 11 is 5.93. The molecule has 0 aliphatic heterocycles. The Morgan fingerprint density at radius 1 is 1.12 bits per heavy atom. The van der Waals surface area contributed by atoms with Crippen LogP contribution in [0.1, 0.15) is 25.0 Å². The van der Waals surface area contributed by atoms with Gasteiger partial charge in [0.25, 0.3) is 5.91 Å². The zero-order valence-corrected chi connectivity index (χ0v) is 20.1. The summed E-state index contributed by atoms with van der Waals surface area (Å²) in [4.78, 5) is 12.3. The quantitative estimate of drug-likeness (QED) is 0.375. The van der Waals surface area contributed by atoms with Gasteiger partial charge in [-0.05, 0) is 55.8 Å². The Balaban J connectivity index is 2.20. The van der Waals surface area contributed by atoms with Crippen molar-refractivity contribution in [2.24, 2.45) is 5.10 Å². The second kappa shape index (κ2) is 11.4. The number of nitrogens with one attached hydrogen (secondary N) is 1. The van der Waals surface area contributed by atoms with Crippen LogP contribution in [0.15, 0.2) is 41.5 Å². The second-order valence-electron chi connectivity index (χ2n) is 6.80. The number of anilines is 1. The summed E-state index contributed by atoms with van der Waals surface area (Å²) in [7, 11) is -4.16. The summed E-state index contributed by atoms with van der Waals surface area (Å²) in [5.41, 5.74) is 1.10. The van der Waals surface area contributed by atoms with Gasteiger partial charge in [-0.1, -0.05) is 11.6 Å². The fraction of sp³-hybridized carbons (Fsp3) is 0.333. The van der Waals surface area contributed by atoms with Crippen LogP contribution in [0, 0.1) is 0 Å². The van der Waals surface area contributed by atoms with Crippen molar-refractivity contribution in [2.45, 2.75) is 20.0 Å². The van der Waals surface area contributed by atoms with Crippen LogP contribution in [0.25, 0.3) is 0 Å². The highest BCUT2D eigenvalue weighted by atomic mass is 35.5. The lowest BCUT2D eigenvalue weighted by molar-refractivity contribution is -0.137. The Morgan fingerprint density at radius 3 is 2.35 bits per heavy atom. The molecule has 0 atom stereocenters. The molecular weight excluding hydrogens is 499 g/mol. The maximum Gasteiger partial charge on any atom is 0.416 e. The number of amides is 1. The normalized spacial score (nSPS) is 12.0. The number of hydrazone groups is 1. The van der Waals surface area contributed by atoms with Crippen LogP contribution in [0.3, 0.4) is 0 Å². The van der Waals surface area contributed by atoms with Crippen LogP contribution in [-0.4, -0.2) is 46.6 Å². The van der Waals surface area contributed by atoms with E-state index in [2.05, 4.69) is 10.5 Å². The Hall–Kier alpha value is -2.99. The van der Waals surface area contributed by atoms with Gasteiger partial charge in [-0.15, -0.1) is 0 Å². The molecule has 0 bridgehead atoms. The number of carbonyl (C=O) groups is 1. The third-order valence-electron chi connectivity index (χ3n) is 4.20. The molecule has 2 aromatic rings. The van der Waals surface area contributed by atoms with Crippen LogP contribution in [0.5, 0.6) is 11.5 Å². The number of sulfonamides is 1. The summed E-state index contributed by atoms with van der Waals surface area (Å²) in [6, 6.07) is 7.15. The molecule has 2 rings (SSSR count). The minimum absolute atomic E-state index is 0.271. The third-order valence-corrected chi connectivity index (χ3v) is 5.65. The number of nitrogens with zero attached hydrogens (tertiary/aromatic N) is 2. The summed E-state index contributed by atoms with van der Waals surface area (Å²) in [6.45, 7) is 3.63. The maximum atomic E-state index is 13.1. The number of hydrogen-bond acceptors (Lipinski definition) is 6. The van der Waals surface area contributed by atoms with Gasteiger partial charge in [0.2, 0.25) is 10.0 Å². The number of rotatable bonds is 10. The first kappa shape index (κ1) is 27.3. The van der Waals surface area contributed by atoms with Crippen LogP contribution < -0.4 is 19.2 Å². The molecule has 0 saturated heterocycles. The first-order valence-electron chi connectivity index (χ1n) is 9.92. The lowest BCUT2D eigenvalue weighted by atomic mass is 10.2. The van der Waals surface area contributed by atoms with Crippen molar-refractivity contribution in [2.75, 3.05) is 30.3 Å². The predicted octanol–water partition coefficient (Wildman–Crippen LogP) is 4.07. The highest BCUT2D eigenvalue weighted by Gasteiger charge is 2.33. The number of ether oxygens (including phenoxy) is 2. The molecule has 13 heteroatoms. The van der Waals surface area contributed by atoms with E-state index in [9.17, 15) is 26.4 Å². The van der Waals surface area contributed by atoms with E-state index in [-0.39, 0.29) is 5.02 Å². The molecule has 1 N–H and O–H groups in total. The molecular formula is C21H23ClF3N3O5S. The zero-order valence-electron chi connectivity index (χ0n) is 18.5. The molecule has 0 spiro atoms. The van der Waals surface area contributed by atoms with Crippen molar-refractivity contribution >= 4 is 39.4 Å². The molecule has 0 unspecified atom stereocenters. The SMILES string of the molecule is CCOc1ccc(/C=N\NC(=O)CN(c2cc(C(F)(F)F)ccc2Cl)S(C)(=O)=O)cc1OCC. The first-order chi connectivity index (χ1) is 15.9. The van der Waals surface area contributed by atoms with Crippen LogP contribution in [0.4, 0.5) is 18.9 Å². The fourth-order valence-corrected chi connectivity index (χ4v) is 3.88. The van der Waals surface area contributed by atoms with E-state index in [1.165, 1.54) is 6.21 Å². The molecule has 1 amide bonds. The Labute approximate surface area is 200 Å². The average molecular weight is 522 g/mol. The van der Waals surface area contributed by atoms with Gasteiger partial charge >= 0.3 is 6.18 Å². The molecule has 8 nitrogen and oxygen atoms in total. The van der Waals surface area contributed by atoms with Crippen LogP contribution >= 0.6 is 11.6 Å². The van der Waals surface area contributed by atoms with E-state index < -0.39 is 39.9 Å². The van der Waals surface area contributed by atoms with Gasteiger partial charge in [0.05, 0.1) is 42.0 Å². The van der Waals surface area contributed by atoms with Gasteiger partial charge in [-0.25, -0.2) is 13.8 Å². The van der Waals surface area contributed by atoms with Crippen molar-refractivity contribution in [3.8, 4) is 11.5 Å². The minimum atomic E-state index is -4.73. The van der Waals surface area contributed by atoms with Gasteiger partial charge in [0.1, 0.15) is 6.54 Å². The van der Waals surface area contributed by atoms with Crippen molar-refractivity contribution < 1.29 is 35.9 Å². The van der Waals surface area contributed by atoms with Crippen molar-refractivity contribution in [1.29, 1.82) is 0 Å². The summed E-state index contributed by atoms with van der Waals surface area (Å²) in [5, 5.41) is 3.50. The predicted molar refractivity (Wildman–Crippen MR) is 123 cm³/mol. The molecule has 186 valence electrons. The van der Waals surface area contributed by atoms with Crippen molar-refractivity contribution in [1.82, 2.24) is 5.43 Å². The summed E-state index contributed by atoms with van der Waals surface area (Å²) in [5.74, 6) is 0.112. The van der Waals surface area contributed by atoms with Crippen LogP contribution in [0.2, 0.25) is 5.02 Å². The highest BCUT2D eigenvalue weighted by molar-refractivity contribution is 7.92. The topological polar surface area (TPSA) is 97.3 Å². The lowest BCUT2D eigenvalue weighted by Gasteiger charge is -2.23. The number of hydrogen-bond donors (Lipinski definition) is 1. The lowest BCUT2D eigenvalue weighted by Crippen LogP contribution is -2.39. The molecule has 0 aliphatic carbocycles. The number of carbonyl (C=O) groups excluding carboxylic acids is 1. The molecule has 34 heavy (non-hydrogen) atoms. The van der Waals surface area contributed by atoms with Crippen molar-refractivity contribution in [3.63, 3.8) is 0 Å². The van der Waals surface area contributed by atoms with Gasteiger partial charge in [-0.2, -0.15) is 18.3 Å². The van der Waals surface area contributed by atoms with Crippen molar-refractivity contribution in [3.05, 3.63) is 52.5 Å². The van der Waals surface area contributed by atoms with E-state index in [0.717, 1.165) is 12.3 Å². The van der Waals surface area contributed by atoms with E-state index in [1.807, 2.05) is 6.92 Å². The molecule has 0 aromatic heterocycles. The van der Waals surface area contributed by atoms with E-state index in [4.69, 9.17) is 21.1 Å². The maximum absolute atomic E-state index is 13.1. The standard InChI is InChI=1S/C21H23ClF3N3O5S/c1-4-32-18-9-6-14(10-19(18)33-5-2)12-26-27-20(29)13-28(34(3,30)31)17-11-15(21(23,24)25)7-8-16(17)22/h6-12H,4-5,13H2,1-3H3,(H,27,29)/b26-12-. The first-order valence-corrected chi connectivity index (χ1v) is 12.2. The average Bonchev–Trinajstić information content (AvgIpc) is 2.73. The number of halogens is 4. The van der Waals surface area contributed by atoms with Gasteiger partial charge in [-0.3, -0.25) is 9.10 Å². The summed E-state index contributed by atoms with van der Waals surface area (Å²) in [6.07, 6.45) is -2.69. The molecule has 0 heterocycles. The molecule has 2 aromatic carbocycles. The second-order valence-corrected chi connectivity index (χ2v) is 9.11. The number of benzene rings is 2. The van der Waals surface area contributed by atoms with E-state index in [1.54, 1.807) is 25.1 Å². The van der Waals surface area contributed by atoms with Gasteiger partial charge < -0.3 is 9.47 Å². The Kier molecular flexibility index (Phi) is 9.16. The van der Waals surface area contributed by atoms with Crippen LogP contribution in [-0.2, 0) is 21.0 Å². The third kappa shape index (κ3) is 7.52. The van der Waals surface area contributed by atoms with Gasteiger partial charge in [0, 0.05) is 0 Å². The Bertz CT molecular complexity index is 1160. The molecule has 0 aliphatic rings. The molecule has 0 radical (unpaired) electrons. The van der Waals surface area contributed by atoms with E-state index in [0.29, 0.717) is 46.7 Å². The molecule has 0 fully saturated rings. The largest absolute Gasteiger partial charge is 0.490 e. The smallest absolute Gasteiger partial charge is 0.416 e. The molecule has 0 saturated carbocycles. The minimum Gasteiger partial charge on any atom is -0.490 e.